The molecular weight excluding hydrogens is 506 g/mol. The highest BCUT2D eigenvalue weighted by atomic mass is 79.9. The number of rotatable bonds is 3. The number of para-hydroxylation sites is 1. The van der Waals surface area contributed by atoms with Gasteiger partial charge in [0, 0.05) is 29.1 Å². The minimum absolute atomic E-state index is 0. The first-order valence-electron chi connectivity index (χ1n) is 10.3. The van der Waals surface area contributed by atoms with Crippen LogP contribution in [0.4, 0.5) is 5.69 Å². The molecule has 5 nitrogen and oxygen atoms in total. The summed E-state index contributed by atoms with van der Waals surface area (Å²) in [4.78, 5) is 2.13. The second kappa shape index (κ2) is 9.95. The molecule has 0 amide bonds. The number of nitriles is 1. The van der Waals surface area contributed by atoms with Crippen molar-refractivity contribution < 1.29 is 0 Å². The predicted molar refractivity (Wildman–Crippen MR) is 136 cm³/mol. The van der Waals surface area contributed by atoms with Crippen molar-refractivity contribution in [3.05, 3.63) is 87.3 Å². The third-order valence-electron chi connectivity index (χ3n) is 5.54. The highest BCUT2D eigenvalue weighted by Crippen LogP contribution is 2.46. The van der Waals surface area contributed by atoms with Crippen molar-refractivity contribution >= 4 is 57.3 Å². The van der Waals surface area contributed by atoms with E-state index in [2.05, 4.69) is 43.3 Å². The average molecular weight is 527 g/mol. The highest BCUT2D eigenvalue weighted by molar-refractivity contribution is 8.93. The third-order valence-corrected chi connectivity index (χ3v) is 6.74. The number of halogens is 2. The predicted octanol–water partition coefficient (Wildman–Crippen LogP) is 6.68. The highest BCUT2D eigenvalue weighted by Gasteiger charge is 2.30. The number of aromatic nitrogens is 3. The quantitative estimate of drug-likeness (QED) is 0.356. The van der Waals surface area contributed by atoms with E-state index in [0.29, 0.717) is 16.4 Å². The maximum atomic E-state index is 10.2. The van der Waals surface area contributed by atoms with Crippen LogP contribution < -0.4 is 4.90 Å². The molecule has 2 aliphatic rings. The molecule has 2 aromatic carbocycles. The SMILES string of the molecule is Br.N#C/C(=C1\SC=C(c2ccc(Cl)cc2)N1c1ccccc1)c1nnc2n1CCCCC2. The second-order valence-corrected chi connectivity index (χ2v) is 8.79. The molecule has 0 unspecified atom stereocenters. The minimum Gasteiger partial charge on any atom is -0.310 e. The maximum Gasteiger partial charge on any atom is 0.177 e. The summed E-state index contributed by atoms with van der Waals surface area (Å²) in [5, 5.41) is 22.7. The van der Waals surface area contributed by atoms with Crippen molar-refractivity contribution in [3.63, 3.8) is 0 Å². The Bertz CT molecular complexity index is 1210. The van der Waals surface area contributed by atoms with Gasteiger partial charge in [0.05, 0.1) is 5.70 Å². The number of aryl methyl sites for hydroxylation is 1. The molecule has 8 heteroatoms. The standard InChI is InChI=1S/C24H20ClN5S.BrH/c25-18-12-10-17(11-13-18)21-16-31-24(30(21)19-7-3-1-4-8-19)20(15-26)23-28-27-22-9-5-2-6-14-29(22)23;/h1,3-4,7-8,10-13,16H,2,5-6,9,14H2;1H/b24-20+;. The van der Waals surface area contributed by atoms with Gasteiger partial charge in [0.1, 0.15) is 22.5 Å². The zero-order chi connectivity index (χ0) is 21.2. The molecular formula is C24H21BrClN5S. The van der Waals surface area contributed by atoms with Gasteiger partial charge < -0.3 is 9.47 Å². The summed E-state index contributed by atoms with van der Waals surface area (Å²) in [6, 6.07) is 20.3. The Kier molecular flexibility index (Phi) is 7.04. The monoisotopic (exact) mass is 525 g/mol. The summed E-state index contributed by atoms with van der Waals surface area (Å²) in [6.45, 7) is 0.851. The van der Waals surface area contributed by atoms with Gasteiger partial charge in [-0.3, -0.25) is 0 Å². The molecule has 3 aromatic rings. The van der Waals surface area contributed by atoms with Crippen LogP contribution in [-0.2, 0) is 13.0 Å². The molecule has 0 saturated carbocycles. The Morgan fingerprint density at radius 2 is 1.78 bits per heavy atom. The van der Waals surface area contributed by atoms with Gasteiger partial charge in [0.2, 0.25) is 0 Å². The van der Waals surface area contributed by atoms with E-state index in [1.807, 2.05) is 42.5 Å². The molecule has 32 heavy (non-hydrogen) atoms. The lowest BCUT2D eigenvalue weighted by Gasteiger charge is -2.25. The second-order valence-electron chi connectivity index (χ2n) is 7.49. The van der Waals surface area contributed by atoms with E-state index < -0.39 is 0 Å². The van der Waals surface area contributed by atoms with Crippen molar-refractivity contribution in [2.75, 3.05) is 4.90 Å². The largest absolute Gasteiger partial charge is 0.310 e. The number of anilines is 1. The van der Waals surface area contributed by atoms with Crippen LogP contribution in [0, 0.1) is 11.3 Å². The first kappa shape index (κ1) is 22.7. The summed E-state index contributed by atoms with van der Waals surface area (Å²) in [6.07, 6.45) is 4.28. The van der Waals surface area contributed by atoms with E-state index in [-0.39, 0.29) is 17.0 Å². The zero-order valence-corrected chi connectivity index (χ0v) is 20.5. The van der Waals surface area contributed by atoms with E-state index in [1.165, 1.54) is 6.42 Å². The van der Waals surface area contributed by atoms with Crippen LogP contribution >= 0.6 is 40.3 Å². The molecule has 0 saturated heterocycles. The molecule has 0 N–H and O–H groups in total. The minimum atomic E-state index is 0. The lowest BCUT2D eigenvalue weighted by Crippen LogP contribution is -2.18. The summed E-state index contributed by atoms with van der Waals surface area (Å²) in [7, 11) is 0. The fraction of sp³-hybridized carbons (Fsp3) is 0.208. The molecule has 0 radical (unpaired) electrons. The Hall–Kier alpha value is -2.53. The first-order valence-corrected chi connectivity index (χ1v) is 11.6. The number of fused-ring (bicyclic) bond motifs is 1. The zero-order valence-electron chi connectivity index (χ0n) is 17.2. The number of hydrogen-bond acceptors (Lipinski definition) is 5. The molecule has 0 bridgehead atoms. The summed E-state index contributed by atoms with van der Waals surface area (Å²) < 4.78 is 2.13. The number of nitrogens with zero attached hydrogens (tertiary/aromatic N) is 5. The number of benzene rings is 2. The normalized spacial score (nSPS) is 17.0. The lowest BCUT2D eigenvalue weighted by molar-refractivity contribution is 0.627. The van der Waals surface area contributed by atoms with Gasteiger partial charge in [0.15, 0.2) is 5.82 Å². The molecule has 3 heterocycles. The van der Waals surface area contributed by atoms with E-state index in [1.54, 1.807) is 11.8 Å². The Morgan fingerprint density at radius 3 is 2.53 bits per heavy atom. The van der Waals surface area contributed by atoms with Crippen LogP contribution in [0.15, 0.2) is 65.0 Å². The van der Waals surface area contributed by atoms with Crippen molar-refractivity contribution in [2.45, 2.75) is 32.2 Å². The van der Waals surface area contributed by atoms with E-state index in [9.17, 15) is 5.26 Å². The van der Waals surface area contributed by atoms with Crippen molar-refractivity contribution in [1.29, 1.82) is 5.26 Å². The molecule has 0 aliphatic carbocycles. The smallest absolute Gasteiger partial charge is 0.177 e. The van der Waals surface area contributed by atoms with Crippen LogP contribution in [0.2, 0.25) is 5.02 Å². The number of hydrogen-bond donors (Lipinski definition) is 0. The van der Waals surface area contributed by atoms with Gasteiger partial charge in [-0.2, -0.15) is 5.26 Å². The molecule has 162 valence electrons. The third kappa shape index (κ3) is 4.23. The summed E-state index contributed by atoms with van der Waals surface area (Å²) in [5.41, 5.74) is 3.58. The Morgan fingerprint density at radius 1 is 1.00 bits per heavy atom. The van der Waals surface area contributed by atoms with E-state index in [4.69, 9.17) is 11.6 Å². The van der Waals surface area contributed by atoms with Gasteiger partial charge in [0.25, 0.3) is 0 Å². The molecule has 0 spiro atoms. The van der Waals surface area contributed by atoms with Gasteiger partial charge in [-0.15, -0.1) is 27.2 Å². The molecule has 2 aliphatic heterocycles. The van der Waals surface area contributed by atoms with Crippen LogP contribution in [0.5, 0.6) is 0 Å². The van der Waals surface area contributed by atoms with Crippen LogP contribution in [0.1, 0.15) is 36.5 Å². The van der Waals surface area contributed by atoms with Crippen LogP contribution in [0.3, 0.4) is 0 Å². The first-order chi connectivity index (χ1) is 15.3. The van der Waals surface area contributed by atoms with Gasteiger partial charge in [-0.25, -0.2) is 0 Å². The topological polar surface area (TPSA) is 57.7 Å². The maximum absolute atomic E-state index is 10.2. The molecule has 1 aromatic heterocycles. The van der Waals surface area contributed by atoms with Crippen LogP contribution in [0.25, 0.3) is 11.3 Å². The van der Waals surface area contributed by atoms with Crippen molar-refractivity contribution in [2.24, 2.45) is 0 Å². The number of allylic oxidation sites excluding steroid dienone is 1. The molecule has 5 rings (SSSR count). The van der Waals surface area contributed by atoms with Crippen molar-refractivity contribution in [3.8, 4) is 6.07 Å². The van der Waals surface area contributed by atoms with Gasteiger partial charge in [-0.1, -0.05) is 60.1 Å². The van der Waals surface area contributed by atoms with E-state index in [0.717, 1.165) is 53.6 Å². The van der Waals surface area contributed by atoms with Crippen LogP contribution in [-0.4, -0.2) is 14.8 Å². The Labute approximate surface area is 207 Å². The summed E-state index contributed by atoms with van der Waals surface area (Å²) in [5.74, 6) is 1.63. The Balaban J connectivity index is 0.00000245. The fourth-order valence-corrected chi connectivity index (χ4v) is 5.17. The molecule has 0 fully saturated rings. The van der Waals surface area contributed by atoms with Crippen molar-refractivity contribution in [1.82, 2.24) is 14.8 Å². The fourth-order valence-electron chi connectivity index (χ4n) is 4.01. The molecule has 0 atom stereocenters. The van der Waals surface area contributed by atoms with Gasteiger partial charge >= 0.3 is 0 Å². The average Bonchev–Trinajstić information content (AvgIpc) is 3.33. The van der Waals surface area contributed by atoms with Gasteiger partial charge in [-0.05, 0) is 42.7 Å². The lowest BCUT2D eigenvalue weighted by atomic mass is 10.1. The summed E-state index contributed by atoms with van der Waals surface area (Å²) >= 11 is 7.66. The van der Waals surface area contributed by atoms with E-state index >= 15 is 0 Å². The number of thioether (sulfide) groups is 1.